The van der Waals surface area contributed by atoms with Gasteiger partial charge in [-0.2, -0.15) is 5.10 Å². The molecule has 19 heavy (non-hydrogen) atoms. The third kappa shape index (κ3) is 2.04. The lowest BCUT2D eigenvalue weighted by molar-refractivity contribution is 0.415. The van der Waals surface area contributed by atoms with Gasteiger partial charge in [0.25, 0.3) is 0 Å². The van der Waals surface area contributed by atoms with E-state index in [9.17, 15) is 0 Å². The van der Waals surface area contributed by atoms with E-state index >= 15 is 0 Å². The minimum atomic E-state index is 0.0731. The van der Waals surface area contributed by atoms with Crippen LogP contribution in [0.25, 0.3) is 21.7 Å². The summed E-state index contributed by atoms with van der Waals surface area (Å²) < 4.78 is 7.29. The summed E-state index contributed by atoms with van der Waals surface area (Å²) in [4.78, 5) is 0. The standard InChI is InChI=1S/C15H17N3O/c1-10(16)9-18-15-12(8-17-18)4-3-11-5-6-13(19-2)7-14(11)15/h3-8,10H,9,16H2,1-2H3/t10-/m1/s1. The average Bonchev–Trinajstić information content (AvgIpc) is 2.81. The Balaban J connectivity index is 2.32. The molecule has 4 heteroatoms. The lowest BCUT2D eigenvalue weighted by Gasteiger charge is -2.09. The summed E-state index contributed by atoms with van der Waals surface area (Å²) >= 11 is 0. The number of fused-ring (bicyclic) bond motifs is 3. The van der Waals surface area contributed by atoms with Gasteiger partial charge in [-0.05, 0) is 24.4 Å². The summed E-state index contributed by atoms with van der Waals surface area (Å²) in [6.07, 6.45) is 1.89. The van der Waals surface area contributed by atoms with Crippen LogP contribution in [0.15, 0.2) is 36.5 Å². The van der Waals surface area contributed by atoms with Gasteiger partial charge >= 0.3 is 0 Å². The predicted octanol–water partition coefficient (Wildman–Crippen LogP) is 2.55. The van der Waals surface area contributed by atoms with E-state index in [2.05, 4.69) is 29.4 Å². The van der Waals surface area contributed by atoms with Gasteiger partial charge in [0, 0.05) is 16.8 Å². The molecule has 3 rings (SSSR count). The zero-order chi connectivity index (χ0) is 13.4. The van der Waals surface area contributed by atoms with Gasteiger partial charge in [0.05, 0.1) is 25.4 Å². The molecular formula is C15H17N3O. The van der Waals surface area contributed by atoms with E-state index in [-0.39, 0.29) is 6.04 Å². The van der Waals surface area contributed by atoms with Crippen molar-refractivity contribution in [1.29, 1.82) is 0 Å². The fourth-order valence-electron chi connectivity index (χ4n) is 2.42. The number of methoxy groups -OCH3 is 1. The summed E-state index contributed by atoms with van der Waals surface area (Å²) in [5, 5.41) is 7.89. The number of hydrogen-bond acceptors (Lipinski definition) is 3. The summed E-state index contributed by atoms with van der Waals surface area (Å²) in [6, 6.07) is 10.4. The van der Waals surface area contributed by atoms with Gasteiger partial charge in [-0.25, -0.2) is 0 Å². The number of nitrogens with two attached hydrogens (primary N) is 1. The Hall–Kier alpha value is -2.07. The minimum Gasteiger partial charge on any atom is -0.497 e. The Labute approximate surface area is 111 Å². The van der Waals surface area contributed by atoms with Crippen LogP contribution in [0.1, 0.15) is 6.92 Å². The SMILES string of the molecule is COc1ccc2ccc3cnn(C[C@@H](C)N)c3c2c1. The highest BCUT2D eigenvalue weighted by atomic mass is 16.5. The van der Waals surface area contributed by atoms with Gasteiger partial charge < -0.3 is 10.5 Å². The molecule has 4 nitrogen and oxygen atoms in total. The lowest BCUT2D eigenvalue weighted by atomic mass is 10.1. The topological polar surface area (TPSA) is 53.1 Å². The molecule has 0 saturated heterocycles. The van der Waals surface area contributed by atoms with E-state index in [1.807, 2.05) is 23.9 Å². The summed E-state index contributed by atoms with van der Waals surface area (Å²) in [7, 11) is 1.68. The molecule has 0 fully saturated rings. The fraction of sp³-hybridized carbons (Fsp3) is 0.267. The molecular weight excluding hydrogens is 238 g/mol. The van der Waals surface area contributed by atoms with Crippen LogP contribution in [0.3, 0.4) is 0 Å². The van der Waals surface area contributed by atoms with Crippen LogP contribution in [-0.4, -0.2) is 22.9 Å². The fourth-order valence-corrected chi connectivity index (χ4v) is 2.42. The highest BCUT2D eigenvalue weighted by Crippen LogP contribution is 2.28. The van der Waals surface area contributed by atoms with Crippen molar-refractivity contribution in [2.24, 2.45) is 5.73 Å². The first kappa shape index (κ1) is 12.0. The van der Waals surface area contributed by atoms with E-state index in [1.54, 1.807) is 7.11 Å². The number of ether oxygens (including phenoxy) is 1. The maximum Gasteiger partial charge on any atom is 0.119 e. The van der Waals surface area contributed by atoms with E-state index < -0.39 is 0 Å². The van der Waals surface area contributed by atoms with Crippen molar-refractivity contribution in [1.82, 2.24) is 9.78 Å². The maximum absolute atomic E-state index is 5.89. The first-order valence-corrected chi connectivity index (χ1v) is 6.37. The first-order valence-electron chi connectivity index (χ1n) is 6.37. The molecule has 0 unspecified atom stereocenters. The Morgan fingerprint density at radius 3 is 2.74 bits per heavy atom. The molecule has 0 aliphatic heterocycles. The van der Waals surface area contributed by atoms with E-state index in [1.165, 1.54) is 5.39 Å². The van der Waals surface area contributed by atoms with E-state index in [0.717, 1.165) is 22.0 Å². The number of aromatic nitrogens is 2. The second-order valence-corrected chi connectivity index (χ2v) is 4.89. The number of rotatable bonds is 3. The molecule has 0 bridgehead atoms. The van der Waals surface area contributed by atoms with Gasteiger partial charge in [0.15, 0.2) is 0 Å². The van der Waals surface area contributed by atoms with Gasteiger partial charge in [0.2, 0.25) is 0 Å². The van der Waals surface area contributed by atoms with Crippen LogP contribution in [0, 0.1) is 0 Å². The predicted molar refractivity (Wildman–Crippen MR) is 77.4 cm³/mol. The third-order valence-electron chi connectivity index (χ3n) is 3.29. The molecule has 0 spiro atoms. The zero-order valence-corrected chi connectivity index (χ0v) is 11.1. The molecule has 98 valence electrons. The van der Waals surface area contributed by atoms with Gasteiger partial charge in [-0.15, -0.1) is 0 Å². The average molecular weight is 255 g/mol. The molecule has 0 amide bonds. The van der Waals surface area contributed by atoms with Crippen LogP contribution in [0.4, 0.5) is 0 Å². The zero-order valence-electron chi connectivity index (χ0n) is 11.1. The first-order chi connectivity index (χ1) is 9.19. The third-order valence-corrected chi connectivity index (χ3v) is 3.29. The number of hydrogen-bond donors (Lipinski definition) is 1. The highest BCUT2D eigenvalue weighted by molar-refractivity contribution is 6.05. The van der Waals surface area contributed by atoms with Crippen molar-refractivity contribution in [3.63, 3.8) is 0 Å². The molecule has 2 aromatic carbocycles. The second kappa shape index (κ2) is 4.55. The highest BCUT2D eigenvalue weighted by Gasteiger charge is 2.09. The van der Waals surface area contributed by atoms with E-state index in [4.69, 9.17) is 10.5 Å². The van der Waals surface area contributed by atoms with Gasteiger partial charge in [-0.3, -0.25) is 4.68 Å². The second-order valence-electron chi connectivity index (χ2n) is 4.89. The summed E-state index contributed by atoms with van der Waals surface area (Å²) in [6.45, 7) is 2.69. The maximum atomic E-state index is 5.89. The molecule has 1 heterocycles. The van der Waals surface area contributed by atoms with Gasteiger partial charge in [-0.1, -0.05) is 18.2 Å². The molecule has 0 aliphatic carbocycles. The lowest BCUT2D eigenvalue weighted by Crippen LogP contribution is -2.22. The van der Waals surface area contributed by atoms with Crippen molar-refractivity contribution in [3.8, 4) is 5.75 Å². The normalized spacial score (nSPS) is 13.0. The number of nitrogens with zero attached hydrogens (tertiary/aromatic N) is 2. The molecule has 0 radical (unpaired) electrons. The smallest absolute Gasteiger partial charge is 0.119 e. The Morgan fingerprint density at radius 2 is 2.00 bits per heavy atom. The molecule has 2 N–H and O–H groups in total. The largest absolute Gasteiger partial charge is 0.497 e. The van der Waals surface area contributed by atoms with Crippen molar-refractivity contribution in [3.05, 3.63) is 36.5 Å². The van der Waals surface area contributed by atoms with Crippen molar-refractivity contribution < 1.29 is 4.74 Å². The van der Waals surface area contributed by atoms with Crippen LogP contribution in [0.5, 0.6) is 5.75 Å². The molecule has 0 aliphatic rings. The van der Waals surface area contributed by atoms with Crippen molar-refractivity contribution in [2.75, 3.05) is 7.11 Å². The molecule has 3 aromatic rings. The summed E-state index contributed by atoms with van der Waals surface area (Å²) in [5.41, 5.74) is 7.01. The van der Waals surface area contributed by atoms with Crippen molar-refractivity contribution in [2.45, 2.75) is 19.5 Å². The molecule has 1 aromatic heterocycles. The van der Waals surface area contributed by atoms with Crippen LogP contribution in [-0.2, 0) is 6.54 Å². The van der Waals surface area contributed by atoms with Crippen LogP contribution in [0.2, 0.25) is 0 Å². The quantitative estimate of drug-likeness (QED) is 0.782. The van der Waals surface area contributed by atoms with Gasteiger partial charge in [0.1, 0.15) is 5.75 Å². The van der Waals surface area contributed by atoms with Crippen LogP contribution < -0.4 is 10.5 Å². The van der Waals surface area contributed by atoms with Crippen LogP contribution >= 0.6 is 0 Å². The molecule has 1 atom stereocenters. The number of benzene rings is 2. The van der Waals surface area contributed by atoms with Crippen molar-refractivity contribution >= 4 is 21.7 Å². The minimum absolute atomic E-state index is 0.0731. The molecule has 0 saturated carbocycles. The van der Waals surface area contributed by atoms with E-state index in [0.29, 0.717) is 6.54 Å². The summed E-state index contributed by atoms with van der Waals surface area (Å²) in [5.74, 6) is 0.855. The Bertz CT molecular complexity index is 731. The Kier molecular flexibility index (Phi) is 2.87. The Morgan fingerprint density at radius 1 is 1.26 bits per heavy atom. The monoisotopic (exact) mass is 255 g/mol.